The van der Waals surface area contributed by atoms with Crippen molar-refractivity contribution in [2.75, 3.05) is 0 Å². The Morgan fingerprint density at radius 2 is 0.769 bits per heavy atom. The maximum absolute atomic E-state index is 10.9. The number of rotatable bonds is 6. The number of hydrogen-bond donors (Lipinski definition) is 4. The molecule has 0 saturated heterocycles. The summed E-state index contributed by atoms with van der Waals surface area (Å²) in [5.74, 6) is 1.21. The highest BCUT2D eigenvalue weighted by atomic mass is 16.3. The van der Waals surface area contributed by atoms with Gasteiger partial charge in [-0.3, -0.25) is 0 Å². The van der Waals surface area contributed by atoms with Crippen molar-refractivity contribution in [1.82, 2.24) is 0 Å². The van der Waals surface area contributed by atoms with Gasteiger partial charge in [-0.25, -0.2) is 0 Å². The highest BCUT2D eigenvalue weighted by Crippen LogP contribution is 2.35. The van der Waals surface area contributed by atoms with E-state index in [1.165, 1.54) is 0 Å². The molecule has 0 bridgehead atoms. The smallest absolute Gasteiger partial charge is 0.122 e. The molecule has 4 heteroatoms. The summed E-state index contributed by atoms with van der Waals surface area (Å²) in [4.78, 5) is 0. The minimum absolute atomic E-state index is 0.300. The molecule has 0 amide bonds. The third-order valence-corrected chi connectivity index (χ3v) is 8.48. The molecule has 0 aliphatic carbocycles. The summed E-state index contributed by atoms with van der Waals surface area (Å²) in [7, 11) is 0. The number of benzene rings is 4. The van der Waals surface area contributed by atoms with Crippen LogP contribution in [0.3, 0.4) is 0 Å². The molecular weight excluding hydrogens is 484 g/mol. The van der Waals surface area contributed by atoms with Gasteiger partial charge in [-0.15, -0.1) is 0 Å². The van der Waals surface area contributed by atoms with Gasteiger partial charge in [0.05, 0.1) is 0 Å². The summed E-state index contributed by atoms with van der Waals surface area (Å²) in [6.45, 7) is 15.7. The van der Waals surface area contributed by atoms with Crippen LogP contribution in [0.1, 0.15) is 77.9 Å². The van der Waals surface area contributed by atoms with Crippen molar-refractivity contribution in [3.63, 3.8) is 0 Å². The van der Waals surface area contributed by atoms with E-state index in [-0.39, 0.29) is 0 Å². The highest BCUT2D eigenvalue weighted by Gasteiger charge is 2.17. The molecule has 0 heterocycles. The van der Waals surface area contributed by atoms with Gasteiger partial charge in [0.15, 0.2) is 0 Å². The Hall–Kier alpha value is -3.92. The topological polar surface area (TPSA) is 80.9 Å². The number of phenolic OH excluding ortho intramolecular Hbond substituents is 4. The molecule has 0 aliphatic heterocycles. The molecule has 0 fully saturated rings. The zero-order valence-corrected chi connectivity index (χ0v) is 24.4. The third-order valence-electron chi connectivity index (χ3n) is 8.48. The molecule has 4 aromatic rings. The average Bonchev–Trinajstić information content (AvgIpc) is 2.87. The van der Waals surface area contributed by atoms with Gasteiger partial charge < -0.3 is 20.4 Å². The average molecular weight is 525 g/mol. The number of phenols is 4. The molecule has 4 aromatic carbocycles. The number of aromatic hydroxyl groups is 4. The fraction of sp³-hybridized carbons (Fsp3) is 0.314. The molecular formula is C35H40O4. The van der Waals surface area contributed by atoms with Gasteiger partial charge in [-0.2, -0.15) is 0 Å². The van der Waals surface area contributed by atoms with Crippen molar-refractivity contribution in [3.05, 3.63) is 114 Å². The molecule has 0 aromatic heterocycles. The molecule has 4 nitrogen and oxygen atoms in total. The van der Waals surface area contributed by atoms with E-state index in [0.29, 0.717) is 42.3 Å². The van der Waals surface area contributed by atoms with E-state index < -0.39 is 0 Å². The van der Waals surface area contributed by atoms with Crippen LogP contribution >= 0.6 is 0 Å². The summed E-state index contributed by atoms with van der Waals surface area (Å²) in [5, 5.41) is 42.3. The summed E-state index contributed by atoms with van der Waals surface area (Å²) in [6.07, 6.45) is 1.83. The van der Waals surface area contributed by atoms with Crippen LogP contribution in [-0.4, -0.2) is 20.4 Å². The maximum Gasteiger partial charge on any atom is 0.122 e. The maximum atomic E-state index is 10.9. The van der Waals surface area contributed by atoms with Gasteiger partial charge in [0.1, 0.15) is 23.0 Å². The van der Waals surface area contributed by atoms with E-state index in [1.54, 1.807) is 12.1 Å². The monoisotopic (exact) mass is 524 g/mol. The van der Waals surface area contributed by atoms with Crippen molar-refractivity contribution < 1.29 is 20.4 Å². The van der Waals surface area contributed by atoms with Crippen molar-refractivity contribution >= 4 is 0 Å². The molecule has 4 N–H and O–H groups in total. The fourth-order valence-corrected chi connectivity index (χ4v) is 5.73. The number of aryl methyl sites for hydroxylation is 4. The first-order valence-corrected chi connectivity index (χ1v) is 13.5. The summed E-state index contributed by atoms with van der Waals surface area (Å²) < 4.78 is 0. The molecule has 0 atom stereocenters. The molecule has 4 rings (SSSR count). The second kappa shape index (κ2) is 10.7. The standard InChI is InChI=1S/C35H40O4/c1-18-11-32(36)24(7)22(5)30(18)16-28-14-26(9-20(3)34(28)38)13-27-10-21(4)35(39)29(15-27)17-31-19(2)12-33(37)25(8)23(31)6/h9-12,14-15,36-39H,13,16-17H2,1-8H3. The highest BCUT2D eigenvalue weighted by molar-refractivity contribution is 5.54. The molecule has 0 unspecified atom stereocenters. The zero-order valence-electron chi connectivity index (χ0n) is 24.4. The van der Waals surface area contributed by atoms with Crippen molar-refractivity contribution in [2.24, 2.45) is 0 Å². The molecule has 39 heavy (non-hydrogen) atoms. The second-order valence-electron chi connectivity index (χ2n) is 11.3. The molecule has 0 radical (unpaired) electrons. The summed E-state index contributed by atoms with van der Waals surface area (Å²) in [5.41, 5.74) is 13.6. The Kier molecular flexibility index (Phi) is 7.70. The SMILES string of the molecule is Cc1cc(Cc2cc(C)c(O)c(Cc3c(C)cc(O)c(C)c3C)c2)cc(Cc2c(C)cc(O)c(C)c2C)c1O. The van der Waals surface area contributed by atoms with Crippen LogP contribution in [0.2, 0.25) is 0 Å². The lowest BCUT2D eigenvalue weighted by Crippen LogP contribution is -2.02. The first kappa shape index (κ1) is 28.1. The van der Waals surface area contributed by atoms with Gasteiger partial charge in [0.25, 0.3) is 0 Å². The zero-order chi connectivity index (χ0) is 28.8. The fourth-order valence-electron chi connectivity index (χ4n) is 5.73. The van der Waals surface area contributed by atoms with Gasteiger partial charge in [0.2, 0.25) is 0 Å². The van der Waals surface area contributed by atoms with Crippen molar-refractivity contribution in [3.8, 4) is 23.0 Å². The number of hydrogen-bond acceptors (Lipinski definition) is 4. The van der Waals surface area contributed by atoms with E-state index in [2.05, 4.69) is 12.1 Å². The van der Waals surface area contributed by atoms with Crippen LogP contribution in [0, 0.1) is 55.4 Å². The Labute approximate surface area is 232 Å². The van der Waals surface area contributed by atoms with Crippen LogP contribution in [-0.2, 0) is 19.3 Å². The predicted molar refractivity (Wildman–Crippen MR) is 159 cm³/mol. The van der Waals surface area contributed by atoms with Crippen molar-refractivity contribution in [1.29, 1.82) is 0 Å². The van der Waals surface area contributed by atoms with Crippen LogP contribution in [0.25, 0.3) is 0 Å². The van der Waals surface area contributed by atoms with Gasteiger partial charge in [0, 0.05) is 12.8 Å². The first-order valence-electron chi connectivity index (χ1n) is 13.5. The molecule has 0 saturated carbocycles. The lowest BCUT2D eigenvalue weighted by Gasteiger charge is -2.18. The molecule has 0 spiro atoms. The van der Waals surface area contributed by atoms with E-state index in [1.807, 2.05) is 67.5 Å². The predicted octanol–water partition coefficient (Wildman–Crippen LogP) is 7.75. The lowest BCUT2D eigenvalue weighted by molar-refractivity contribution is 0.464. The summed E-state index contributed by atoms with van der Waals surface area (Å²) >= 11 is 0. The van der Waals surface area contributed by atoms with Crippen LogP contribution in [0.15, 0.2) is 36.4 Å². The van der Waals surface area contributed by atoms with E-state index in [0.717, 1.165) is 77.9 Å². The van der Waals surface area contributed by atoms with Crippen LogP contribution < -0.4 is 0 Å². The minimum Gasteiger partial charge on any atom is -0.508 e. The van der Waals surface area contributed by atoms with E-state index in [4.69, 9.17) is 0 Å². The summed E-state index contributed by atoms with van der Waals surface area (Å²) in [6, 6.07) is 11.8. The van der Waals surface area contributed by atoms with Crippen LogP contribution in [0.5, 0.6) is 23.0 Å². The quantitative estimate of drug-likeness (QED) is 0.208. The van der Waals surface area contributed by atoms with Gasteiger partial charge in [-0.1, -0.05) is 24.3 Å². The Balaban J connectivity index is 1.70. The molecule has 0 aliphatic rings. The van der Waals surface area contributed by atoms with Gasteiger partial charge >= 0.3 is 0 Å². The largest absolute Gasteiger partial charge is 0.508 e. The van der Waals surface area contributed by atoms with Gasteiger partial charge in [-0.05, 0) is 152 Å². The van der Waals surface area contributed by atoms with Crippen LogP contribution in [0.4, 0.5) is 0 Å². The minimum atomic E-state index is 0.300. The van der Waals surface area contributed by atoms with E-state index >= 15 is 0 Å². The second-order valence-corrected chi connectivity index (χ2v) is 11.3. The third kappa shape index (κ3) is 5.47. The van der Waals surface area contributed by atoms with E-state index in [9.17, 15) is 20.4 Å². The molecule has 204 valence electrons. The van der Waals surface area contributed by atoms with Crippen molar-refractivity contribution in [2.45, 2.75) is 74.7 Å². The first-order chi connectivity index (χ1) is 18.3. The Morgan fingerprint density at radius 3 is 1.13 bits per heavy atom. The normalized spacial score (nSPS) is 11.3. The lowest BCUT2D eigenvalue weighted by atomic mass is 9.89. The Bertz CT molecular complexity index is 1480. The Morgan fingerprint density at radius 1 is 0.410 bits per heavy atom.